The van der Waals surface area contributed by atoms with E-state index < -0.39 is 0 Å². The zero-order valence-electron chi connectivity index (χ0n) is 31.0. The molecular weight excluding hydrogens is 705 g/mol. The Hall–Kier alpha value is -8.18. The maximum atomic E-state index is 9.71. The maximum Gasteiger partial charge on any atom is 0.160 e. The van der Waals surface area contributed by atoms with E-state index in [2.05, 4.69) is 133 Å². The molecule has 0 unspecified atom stereocenters. The standard InChI is InChI=1S/C54H28N4/c55-29-31-7-11-39(12-8-31)52-47-28-41(42-23-19-37-17-15-33-3-1-5-35-21-25-44(42)50(37)48(33)35)27-46(53(47)58-54(57-52)40-13-9-32(30-56)10-14-40)43-24-20-38-18-16-34-4-2-6-36-22-26-45(43)51(38)49(34)36/h1-28H. The molecule has 0 aliphatic heterocycles. The molecule has 0 aliphatic rings. The van der Waals surface area contributed by atoms with Crippen LogP contribution in [0.2, 0.25) is 0 Å². The Labute approximate surface area is 332 Å². The number of benzene rings is 11. The van der Waals surface area contributed by atoms with Gasteiger partial charge in [-0.05, 0) is 130 Å². The van der Waals surface area contributed by atoms with Gasteiger partial charge in [-0.15, -0.1) is 0 Å². The summed E-state index contributed by atoms with van der Waals surface area (Å²) in [7, 11) is 0. The summed E-state index contributed by atoms with van der Waals surface area (Å²) in [6.07, 6.45) is 0. The monoisotopic (exact) mass is 732 g/mol. The van der Waals surface area contributed by atoms with Crippen molar-refractivity contribution < 1.29 is 0 Å². The molecule has 0 radical (unpaired) electrons. The van der Waals surface area contributed by atoms with E-state index in [1.807, 2.05) is 48.5 Å². The third kappa shape index (κ3) is 4.67. The molecule has 0 fully saturated rings. The minimum absolute atomic E-state index is 0.561. The molecule has 58 heavy (non-hydrogen) atoms. The molecule has 264 valence electrons. The number of hydrogen-bond acceptors (Lipinski definition) is 4. The lowest BCUT2D eigenvalue weighted by atomic mass is 9.86. The molecule has 0 amide bonds. The van der Waals surface area contributed by atoms with Crippen LogP contribution in [0.5, 0.6) is 0 Å². The van der Waals surface area contributed by atoms with Crippen molar-refractivity contribution in [3.05, 3.63) is 181 Å². The SMILES string of the molecule is N#Cc1ccc(-c2nc(-c3ccc(C#N)cc3)c3cc(-c4ccc5ccc6cccc7ccc4c5c67)cc(-c4ccc5ccc6cccc7ccc4c5c67)c3n2)cc1. The molecule has 0 N–H and O–H groups in total. The van der Waals surface area contributed by atoms with Crippen LogP contribution in [0.4, 0.5) is 0 Å². The average Bonchev–Trinajstić information content (AvgIpc) is 3.29. The fourth-order valence-corrected chi connectivity index (χ4v) is 9.30. The lowest BCUT2D eigenvalue weighted by Crippen LogP contribution is -1.99. The number of hydrogen-bond donors (Lipinski definition) is 0. The van der Waals surface area contributed by atoms with Crippen molar-refractivity contribution in [1.82, 2.24) is 9.97 Å². The van der Waals surface area contributed by atoms with Gasteiger partial charge < -0.3 is 0 Å². The Bertz CT molecular complexity index is 3710. The van der Waals surface area contributed by atoms with E-state index in [0.717, 1.165) is 55.4 Å². The van der Waals surface area contributed by atoms with Crippen LogP contribution in [0.1, 0.15) is 11.1 Å². The topological polar surface area (TPSA) is 73.4 Å². The van der Waals surface area contributed by atoms with E-state index >= 15 is 0 Å². The number of nitriles is 2. The molecular formula is C54H28N4. The third-order valence-corrected chi connectivity index (χ3v) is 12.0. The number of fused-ring (bicyclic) bond motifs is 1. The predicted octanol–water partition coefficient (Wildman–Crippen LogP) is 13.8. The van der Waals surface area contributed by atoms with E-state index in [9.17, 15) is 10.5 Å². The second-order valence-electron chi connectivity index (χ2n) is 15.1. The molecule has 1 heterocycles. The molecule has 0 saturated carbocycles. The Morgan fingerprint density at radius 3 is 1.36 bits per heavy atom. The van der Waals surface area contributed by atoms with Gasteiger partial charge in [0.05, 0.1) is 34.5 Å². The Morgan fingerprint density at radius 1 is 0.345 bits per heavy atom. The normalized spacial score (nSPS) is 11.8. The number of nitrogens with zero attached hydrogens (tertiary/aromatic N) is 4. The highest BCUT2D eigenvalue weighted by molar-refractivity contribution is 6.28. The lowest BCUT2D eigenvalue weighted by molar-refractivity contribution is 1.23. The van der Waals surface area contributed by atoms with E-state index in [1.165, 1.54) is 59.2 Å². The van der Waals surface area contributed by atoms with Gasteiger partial charge in [0.1, 0.15) is 0 Å². The van der Waals surface area contributed by atoms with Gasteiger partial charge in [-0.3, -0.25) is 0 Å². The van der Waals surface area contributed by atoms with E-state index in [-0.39, 0.29) is 0 Å². The van der Waals surface area contributed by atoms with Crippen LogP contribution >= 0.6 is 0 Å². The minimum Gasteiger partial charge on any atom is -0.227 e. The summed E-state index contributed by atoms with van der Waals surface area (Å²) < 4.78 is 0. The van der Waals surface area contributed by atoms with Crippen LogP contribution in [0.15, 0.2) is 170 Å². The summed E-state index contributed by atoms with van der Waals surface area (Å²) in [6.45, 7) is 0. The third-order valence-electron chi connectivity index (χ3n) is 12.0. The van der Waals surface area contributed by atoms with Gasteiger partial charge in [0.2, 0.25) is 0 Å². The number of aromatic nitrogens is 2. The molecule has 0 atom stereocenters. The van der Waals surface area contributed by atoms with Gasteiger partial charge in [0.25, 0.3) is 0 Å². The molecule has 12 aromatic rings. The van der Waals surface area contributed by atoms with Gasteiger partial charge in [0.15, 0.2) is 5.82 Å². The summed E-state index contributed by atoms with van der Waals surface area (Å²) >= 11 is 0. The molecule has 0 spiro atoms. The van der Waals surface area contributed by atoms with Gasteiger partial charge in [-0.25, -0.2) is 9.97 Å². The van der Waals surface area contributed by atoms with Crippen molar-refractivity contribution in [2.75, 3.05) is 0 Å². The summed E-state index contributed by atoms with van der Waals surface area (Å²) in [6, 6.07) is 64.1. The van der Waals surface area contributed by atoms with Crippen LogP contribution < -0.4 is 0 Å². The smallest absolute Gasteiger partial charge is 0.160 e. The fraction of sp³-hybridized carbons (Fsp3) is 0. The zero-order chi connectivity index (χ0) is 38.5. The first-order valence-corrected chi connectivity index (χ1v) is 19.3. The molecule has 0 aliphatic carbocycles. The van der Waals surface area contributed by atoms with E-state index in [1.54, 1.807) is 0 Å². The minimum atomic E-state index is 0.561. The zero-order valence-corrected chi connectivity index (χ0v) is 31.0. The second-order valence-corrected chi connectivity index (χ2v) is 15.1. The Balaban J connectivity index is 1.23. The number of rotatable bonds is 4. The van der Waals surface area contributed by atoms with Crippen LogP contribution in [0.25, 0.3) is 120 Å². The van der Waals surface area contributed by atoms with Gasteiger partial charge in [-0.1, -0.05) is 121 Å². The van der Waals surface area contributed by atoms with E-state index in [0.29, 0.717) is 17.0 Å². The summed E-state index contributed by atoms with van der Waals surface area (Å²) in [5.41, 5.74) is 8.74. The highest BCUT2D eigenvalue weighted by Crippen LogP contribution is 2.46. The molecule has 1 aromatic heterocycles. The van der Waals surface area contributed by atoms with Crippen LogP contribution in [0.3, 0.4) is 0 Å². The van der Waals surface area contributed by atoms with Gasteiger partial charge in [-0.2, -0.15) is 10.5 Å². The van der Waals surface area contributed by atoms with Gasteiger partial charge in [0, 0.05) is 22.1 Å². The molecule has 0 bridgehead atoms. The Morgan fingerprint density at radius 2 is 0.810 bits per heavy atom. The van der Waals surface area contributed by atoms with E-state index in [4.69, 9.17) is 9.97 Å². The highest BCUT2D eigenvalue weighted by atomic mass is 14.9. The largest absolute Gasteiger partial charge is 0.227 e. The van der Waals surface area contributed by atoms with Crippen molar-refractivity contribution in [2.24, 2.45) is 0 Å². The van der Waals surface area contributed by atoms with Crippen molar-refractivity contribution in [3.8, 4) is 57.0 Å². The molecule has 4 heteroatoms. The van der Waals surface area contributed by atoms with Crippen molar-refractivity contribution in [1.29, 1.82) is 10.5 Å². The molecule has 11 aromatic carbocycles. The van der Waals surface area contributed by atoms with Crippen molar-refractivity contribution in [3.63, 3.8) is 0 Å². The maximum absolute atomic E-state index is 9.71. The molecule has 12 rings (SSSR count). The highest BCUT2D eigenvalue weighted by Gasteiger charge is 2.21. The predicted molar refractivity (Wildman–Crippen MR) is 238 cm³/mol. The first-order chi connectivity index (χ1) is 28.6. The molecule has 0 saturated heterocycles. The van der Waals surface area contributed by atoms with Crippen molar-refractivity contribution in [2.45, 2.75) is 0 Å². The average molecular weight is 733 g/mol. The Kier molecular flexibility index (Phi) is 6.73. The molecule has 4 nitrogen and oxygen atoms in total. The van der Waals surface area contributed by atoms with Crippen LogP contribution in [-0.4, -0.2) is 9.97 Å². The van der Waals surface area contributed by atoms with Gasteiger partial charge >= 0.3 is 0 Å². The second kappa shape index (κ2) is 12.2. The fourth-order valence-electron chi connectivity index (χ4n) is 9.30. The summed E-state index contributed by atoms with van der Waals surface area (Å²) in [5.74, 6) is 0.561. The van der Waals surface area contributed by atoms with Crippen molar-refractivity contribution >= 4 is 75.5 Å². The summed E-state index contributed by atoms with van der Waals surface area (Å²) in [4.78, 5) is 10.7. The quantitative estimate of drug-likeness (QED) is 0.169. The van der Waals surface area contributed by atoms with Crippen LogP contribution in [0, 0.1) is 22.7 Å². The first kappa shape index (κ1) is 32.1. The van der Waals surface area contributed by atoms with Crippen LogP contribution in [-0.2, 0) is 0 Å². The first-order valence-electron chi connectivity index (χ1n) is 19.3. The lowest BCUT2D eigenvalue weighted by Gasteiger charge is -2.19. The summed E-state index contributed by atoms with van der Waals surface area (Å²) in [5, 5.41) is 34.9.